The molecule has 2 rings (SSSR count). The van der Waals surface area contributed by atoms with Gasteiger partial charge in [-0.15, -0.1) is 0 Å². The second-order valence-corrected chi connectivity index (χ2v) is 9.60. The van der Waals surface area contributed by atoms with Crippen LogP contribution in [0.1, 0.15) is 50.7 Å². The molecule has 9 nitrogen and oxygen atoms in total. The van der Waals surface area contributed by atoms with Gasteiger partial charge in [0.1, 0.15) is 11.5 Å². The summed E-state index contributed by atoms with van der Waals surface area (Å²) >= 11 is 6.23. The summed E-state index contributed by atoms with van der Waals surface area (Å²) in [7, 11) is -2.40. The van der Waals surface area contributed by atoms with E-state index >= 15 is 0 Å². The number of rotatable bonds is 9. The third kappa shape index (κ3) is 6.78. The van der Waals surface area contributed by atoms with Crippen LogP contribution in [0.5, 0.6) is 6.01 Å². The number of halogens is 1. The summed E-state index contributed by atoms with van der Waals surface area (Å²) in [6, 6.07) is 2.69. The van der Waals surface area contributed by atoms with Crippen LogP contribution in [-0.2, 0) is 10.0 Å². The fraction of sp³-hybridized carbons (Fsp3) is 0.450. The van der Waals surface area contributed by atoms with Crippen molar-refractivity contribution in [1.82, 2.24) is 20.0 Å². The van der Waals surface area contributed by atoms with Gasteiger partial charge in [0.05, 0.1) is 12.4 Å². The molecule has 0 aliphatic carbocycles. The minimum absolute atomic E-state index is 0.0444. The summed E-state index contributed by atoms with van der Waals surface area (Å²) in [5, 5.41) is 6.14. The molecule has 11 heteroatoms. The van der Waals surface area contributed by atoms with Crippen LogP contribution < -0.4 is 20.1 Å². The molecule has 1 aromatic carbocycles. The van der Waals surface area contributed by atoms with Crippen LogP contribution in [0.2, 0.25) is 5.02 Å². The van der Waals surface area contributed by atoms with Crippen molar-refractivity contribution in [3.63, 3.8) is 0 Å². The molecule has 0 spiro atoms. The number of hydrogen-bond donors (Lipinski definition) is 3. The Balaban J connectivity index is 2.20. The molecular formula is C20H28ClN5O4S. The number of urea groups is 1. The van der Waals surface area contributed by atoms with Crippen LogP contribution in [0, 0.1) is 0 Å². The molecule has 0 fully saturated rings. The lowest BCUT2D eigenvalue weighted by atomic mass is 9.92. The topological polar surface area (TPSA) is 122 Å². The molecule has 0 radical (unpaired) electrons. The molecule has 1 heterocycles. The number of carbonyl (C=O) groups is 1. The number of nitrogens with zero attached hydrogens (tertiary/aromatic N) is 2. The molecule has 0 saturated carbocycles. The predicted molar refractivity (Wildman–Crippen MR) is 120 cm³/mol. The van der Waals surface area contributed by atoms with Gasteiger partial charge in [0, 0.05) is 17.3 Å². The van der Waals surface area contributed by atoms with Crippen LogP contribution in [0.15, 0.2) is 29.4 Å². The van der Waals surface area contributed by atoms with E-state index in [-0.39, 0.29) is 22.7 Å². The molecule has 0 saturated heterocycles. The number of ether oxygens (including phenoxy) is 1. The van der Waals surface area contributed by atoms with E-state index in [9.17, 15) is 13.2 Å². The molecule has 1 aromatic heterocycles. The van der Waals surface area contributed by atoms with E-state index < -0.39 is 16.1 Å². The predicted octanol–water partition coefficient (Wildman–Crippen LogP) is 3.49. The zero-order chi connectivity index (χ0) is 23.2. The Morgan fingerprint density at radius 3 is 2.13 bits per heavy atom. The van der Waals surface area contributed by atoms with Crippen molar-refractivity contribution in [2.75, 3.05) is 25.5 Å². The first-order valence-electron chi connectivity index (χ1n) is 9.81. The number of carbonyl (C=O) groups excluding carboxylic acids is 1. The Labute approximate surface area is 188 Å². The van der Waals surface area contributed by atoms with Crippen LogP contribution >= 0.6 is 11.6 Å². The molecule has 0 aliphatic heterocycles. The maximum absolute atomic E-state index is 12.6. The van der Waals surface area contributed by atoms with E-state index in [4.69, 9.17) is 16.3 Å². The number of benzene rings is 1. The normalized spacial score (nSPS) is 11.6. The van der Waals surface area contributed by atoms with Crippen molar-refractivity contribution >= 4 is 33.3 Å². The molecule has 2 aromatic rings. The van der Waals surface area contributed by atoms with E-state index in [0.717, 1.165) is 23.5 Å². The lowest BCUT2D eigenvalue weighted by molar-refractivity contribution is 0.256. The van der Waals surface area contributed by atoms with Gasteiger partial charge in [-0.1, -0.05) is 39.3 Å². The molecule has 0 unspecified atom stereocenters. The summed E-state index contributed by atoms with van der Waals surface area (Å²) in [5.74, 6) is 0.124. The van der Waals surface area contributed by atoms with E-state index in [0.29, 0.717) is 23.9 Å². The van der Waals surface area contributed by atoms with Gasteiger partial charge in [-0.05, 0) is 42.1 Å². The Kier molecular flexibility index (Phi) is 8.60. The van der Waals surface area contributed by atoms with Crippen molar-refractivity contribution in [1.29, 1.82) is 0 Å². The first kappa shape index (κ1) is 24.8. The molecule has 3 N–H and O–H groups in total. The number of aromatic nitrogens is 2. The minimum Gasteiger partial charge on any atom is -0.462 e. The quantitative estimate of drug-likeness (QED) is 0.480. The summed E-state index contributed by atoms with van der Waals surface area (Å²) in [4.78, 5) is 20.0. The van der Waals surface area contributed by atoms with Crippen molar-refractivity contribution in [3.05, 3.63) is 40.7 Å². The van der Waals surface area contributed by atoms with Gasteiger partial charge in [0.2, 0.25) is 0 Å². The molecule has 2 amide bonds. The minimum atomic E-state index is -4.18. The summed E-state index contributed by atoms with van der Waals surface area (Å²) in [5.41, 5.74) is 2.18. The smallest absolute Gasteiger partial charge is 0.333 e. The van der Waals surface area contributed by atoms with E-state index in [1.807, 2.05) is 32.4 Å². The SMILES string of the molecule is CNCCOc1ncc(S(=O)(=O)NC(=O)Nc2c(C(C)C)cc(Cl)cc2C(C)C)cn1. The second-order valence-electron chi connectivity index (χ2n) is 7.48. The third-order valence-electron chi connectivity index (χ3n) is 4.37. The average molecular weight is 470 g/mol. The highest BCUT2D eigenvalue weighted by molar-refractivity contribution is 7.90. The van der Waals surface area contributed by atoms with Crippen molar-refractivity contribution in [2.45, 2.75) is 44.4 Å². The Morgan fingerprint density at radius 1 is 1.10 bits per heavy atom. The molecule has 31 heavy (non-hydrogen) atoms. The zero-order valence-electron chi connectivity index (χ0n) is 18.2. The largest absolute Gasteiger partial charge is 0.462 e. The highest BCUT2D eigenvalue weighted by atomic mass is 35.5. The number of hydrogen-bond acceptors (Lipinski definition) is 7. The van der Waals surface area contributed by atoms with Gasteiger partial charge >= 0.3 is 12.0 Å². The number of nitrogens with one attached hydrogen (secondary N) is 3. The van der Waals surface area contributed by atoms with Crippen LogP contribution in [0.4, 0.5) is 10.5 Å². The summed E-state index contributed by atoms with van der Waals surface area (Å²) in [6.07, 6.45) is 2.16. The van der Waals surface area contributed by atoms with Gasteiger partial charge in [-0.3, -0.25) is 0 Å². The third-order valence-corrected chi connectivity index (χ3v) is 5.88. The summed E-state index contributed by atoms with van der Waals surface area (Å²) in [6.45, 7) is 8.79. The van der Waals surface area contributed by atoms with Crippen molar-refractivity contribution in [3.8, 4) is 6.01 Å². The Bertz CT molecular complexity index is 982. The number of anilines is 1. The van der Waals surface area contributed by atoms with E-state index in [1.165, 1.54) is 0 Å². The van der Waals surface area contributed by atoms with Crippen LogP contribution in [0.25, 0.3) is 0 Å². The van der Waals surface area contributed by atoms with Crippen LogP contribution in [0.3, 0.4) is 0 Å². The molecule has 170 valence electrons. The fourth-order valence-corrected chi connectivity index (χ4v) is 3.82. The van der Waals surface area contributed by atoms with Gasteiger partial charge in [0.25, 0.3) is 10.0 Å². The Morgan fingerprint density at radius 2 is 1.65 bits per heavy atom. The highest BCUT2D eigenvalue weighted by Gasteiger charge is 2.22. The van der Waals surface area contributed by atoms with Crippen molar-refractivity contribution < 1.29 is 17.9 Å². The molecular weight excluding hydrogens is 442 g/mol. The monoisotopic (exact) mass is 469 g/mol. The van der Waals surface area contributed by atoms with Gasteiger partial charge in [0.15, 0.2) is 0 Å². The number of likely N-dealkylation sites (N-methyl/N-ethyl adjacent to an activating group) is 1. The van der Waals surface area contributed by atoms with Gasteiger partial charge < -0.3 is 15.4 Å². The molecule has 0 aliphatic rings. The maximum atomic E-state index is 12.6. The number of sulfonamides is 1. The standard InChI is InChI=1S/C20H28ClN5O4S/c1-12(2)16-8-14(21)9-17(13(3)4)18(16)25-19(27)26-31(28,29)15-10-23-20(24-11-15)30-7-6-22-5/h8-13,22H,6-7H2,1-5H3,(H2,25,26,27). The van der Waals surface area contributed by atoms with Crippen molar-refractivity contribution in [2.24, 2.45) is 0 Å². The number of amides is 2. The van der Waals surface area contributed by atoms with E-state index in [2.05, 4.69) is 20.6 Å². The maximum Gasteiger partial charge on any atom is 0.333 e. The second kappa shape index (κ2) is 10.7. The molecule has 0 atom stereocenters. The lowest BCUT2D eigenvalue weighted by Gasteiger charge is -2.21. The van der Waals surface area contributed by atoms with Gasteiger partial charge in [-0.25, -0.2) is 27.9 Å². The average Bonchev–Trinajstić information content (AvgIpc) is 2.68. The van der Waals surface area contributed by atoms with E-state index in [1.54, 1.807) is 19.2 Å². The Hall–Kier alpha value is -2.43. The highest BCUT2D eigenvalue weighted by Crippen LogP contribution is 2.35. The van der Waals surface area contributed by atoms with Crippen LogP contribution in [-0.4, -0.2) is 44.6 Å². The lowest BCUT2D eigenvalue weighted by Crippen LogP contribution is -2.35. The summed E-state index contributed by atoms with van der Waals surface area (Å²) < 4.78 is 32.4. The molecule has 0 bridgehead atoms. The zero-order valence-corrected chi connectivity index (χ0v) is 19.8. The van der Waals surface area contributed by atoms with Gasteiger partial charge in [-0.2, -0.15) is 0 Å². The fourth-order valence-electron chi connectivity index (χ4n) is 2.79. The first-order valence-corrected chi connectivity index (χ1v) is 11.7. The first-order chi connectivity index (χ1) is 14.5.